The number of hydrogen-bond donors (Lipinski definition) is 1. The molecule has 4 rings (SSSR count). The number of rotatable bonds is 9. The molecule has 1 amide bonds. The minimum Gasteiger partial charge on any atom is -0.495 e. The Morgan fingerprint density at radius 2 is 1.80 bits per heavy atom. The lowest BCUT2D eigenvalue weighted by Gasteiger charge is -2.23. The Labute approximate surface area is 210 Å². The molecule has 0 aliphatic carbocycles. The number of anilines is 2. The van der Waals surface area contributed by atoms with E-state index in [-0.39, 0.29) is 18.9 Å². The van der Waals surface area contributed by atoms with Crippen LogP contribution in [0.4, 0.5) is 11.4 Å². The van der Waals surface area contributed by atoms with Crippen LogP contribution in [0.3, 0.4) is 0 Å². The van der Waals surface area contributed by atoms with E-state index in [1.54, 1.807) is 18.2 Å². The van der Waals surface area contributed by atoms with E-state index in [4.69, 9.17) is 16.3 Å². The smallest absolute Gasteiger partial charge is 0.232 e. The van der Waals surface area contributed by atoms with E-state index in [1.807, 2.05) is 30.3 Å². The summed E-state index contributed by atoms with van der Waals surface area (Å²) in [4.78, 5) is 12.7. The molecule has 0 aliphatic heterocycles. The molecule has 0 bridgehead atoms. The van der Waals surface area contributed by atoms with Crippen LogP contribution in [-0.4, -0.2) is 38.8 Å². The normalized spacial score (nSPS) is 11.7. The fraction of sp³-hybridized carbons (Fsp3) is 0.269. The summed E-state index contributed by atoms with van der Waals surface area (Å²) in [6.07, 6.45) is 1.65. The van der Waals surface area contributed by atoms with E-state index in [0.717, 1.165) is 34.6 Å². The Morgan fingerprint density at radius 3 is 2.49 bits per heavy atom. The van der Waals surface area contributed by atoms with Gasteiger partial charge in [-0.25, -0.2) is 8.42 Å². The highest BCUT2D eigenvalue weighted by atomic mass is 35.5. The highest BCUT2D eigenvalue weighted by molar-refractivity contribution is 7.92. The van der Waals surface area contributed by atoms with Gasteiger partial charge in [0.15, 0.2) is 0 Å². The number of halogens is 1. The molecular formula is C26H28ClN3O4S. The van der Waals surface area contributed by atoms with Gasteiger partial charge in [-0.1, -0.05) is 29.8 Å². The third-order valence-corrected chi connectivity index (χ3v) is 7.45. The van der Waals surface area contributed by atoms with Crippen LogP contribution in [0.5, 0.6) is 5.75 Å². The van der Waals surface area contributed by atoms with Gasteiger partial charge in [-0.2, -0.15) is 0 Å². The summed E-state index contributed by atoms with van der Waals surface area (Å²) in [5, 5.41) is 5.49. The third-order valence-electron chi connectivity index (χ3n) is 5.96. The van der Waals surface area contributed by atoms with Crippen LogP contribution in [0.25, 0.3) is 21.8 Å². The summed E-state index contributed by atoms with van der Waals surface area (Å²) < 4.78 is 33.4. The minimum atomic E-state index is -3.56. The van der Waals surface area contributed by atoms with Crippen LogP contribution in [0, 0.1) is 0 Å². The molecule has 0 saturated heterocycles. The molecule has 1 N–H and O–H groups in total. The Morgan fingerprint density at radius 1 is 1.06 bits per heavy atom. The molecule has 1 aromatic heterocycles. The predicted octanol–water partition coefficient (Wildman–Crippen LogP) is 5.66. The molecule has 3 aromatic carbocycles. The molecule has 184 valence electrons. The van der Waals surface area contributed by atoms with Crippen molar-refractivity contribution in [3.63, 3.8) is 0 Å². The van der Waals surface area contributed by atoms with Crippen molar-refractivity contribution in [2.75, 3.05) is 29.5 Å². The van der Waals surface area contributed by atoms with Gasteiger partial charge in [0.1, 0.15) is 5.75 Å². The molecule has 0 unspecified atom stereocenters. The highest BCUT2D eigenvalue weighted by Crippen LogP contribution is 2.32. The molecule has 0 spiro atoms. The van der Waals surface area contributed by atoms with Crippen LogP contribution in [0.15, 0.2) is 60.7 Å². The van der Waals surface area contributed by atoms with Crippen molar-refractivity contribution in [1.82, 2.24) is 4.57 Å². The van der Waals surface area contributed by atoms with Crippen molar-refractivity contribution < 1.29 is 17.9 Å². The number of sulfonamides is 1. The number of nitrogens with zero attached hydrogens (tertiary/aromatic N) is 2. The zero-order chi connectivity index (χ0) is 25.2. The standard InChI is InChI=1S/C26H28ClN3O4S/c1-4-29-23-9-6-5-8-20(23)21-16-18(11-13-24(21)29)28-26(31)10-7-15-30(35(3,32)33)19-12-14-25(34-2)22(27)17-19/h5-6,8-9,11-14,16-17H,4,7,10,15H2,1-3H3,(H,28,31). The molecule has 0 aliphatic rings. The maximum absolute atomic E-state index is 12.7. The molecule has 1 heterocycles. The predicted molar refractivity (Wildman–Crippen MR) is 143 cm³/mol. The zero-order valence-electron chi connectivity index (χ0n) is 19.9. The van der Waals surface area contributed by atoms with Gasteiger partial charge in [-0.15, -0.1) is 0 Å². The van der Waals surface area contributed by atoms with Crippen LogP contribution < -0.4 is 14.4 Å². The zero-order valence-corrected chi connectivity index (χ0v) is 21.5. The lowest BCUT2D eigenvalue weighted by molar-refractivity contribution is -0.116. The van der Waals surface area contributed by atoms with Crippen LogP contribution in [0.1, 0.15) is 19.8 Å². The fourth-order valence-electron chi connectivity index (χ4n) is 4.38. The summed E-state index contributed by atoms with van der Waals surface area (Å²) in [7, 11) is -2.06. The van der Waals surface area contributed by atoms with Gasteiger partial charge in [0.25, 0.3) is 0 Å². The van der Waals surface area contributed by atoms with Crippen molar-refractivity contribution in [2.45, 2.75) is 26.3 Å². The first-order valence-electron chi connectivity index (χ1n) is 11.3. The monoisotopic (exact) mass is 513 g/mol. The Hall–Kier alpha value is -3.23. The molecule has 0 radical (unpaired) electrons. The lowest BCUT2D eigenvalue weighted by atomic mass is 10.1. The molecule has 35 heavy (non-hydrogen) atoms. The van der Waals surface area contributed by atoms with E-state index in [2.05, 4.69) is 28.9 Å². The van der Waals surface area contributed by atoms with Gasteiger partial charge in [-0.05, 0) is 55.8 Å². The van der Waals surface area contributed by atoms with Gasteiger partial charge >= 0.3 is 0 Å². The topological polar surface area (TPSA) is 80.6 Å². The molecule has 9 heteroatoms. The third kappa shape index (κ3) is 5.23. The van der Waals surface area contributed by atoms with Crippen LogP contribution >= 0.6 is 11.6 Å². The van der Waals surface area contributed by atoms with Crippen molar-refractivity contribution in [2.24, 2.45) is 0 Å². The second-order valence-corrected chi connectivity index (χ2v) is 10.6. The van der Waals surface area contributed by atoms with Crippen molar-refractivity contribution in [3.8, 4) is 5.75 Å². The number of fused-ring (bicyclic) bond motifs is 3. The number of aryl methyl sites for hydroxylation is 1. The summed E-state index contributed by atoms with van der Waals surface area (Å²) in [5.41, 5.74) is 3.42. The fourth-order valence-corrected chi connectivity index (χ4v) is 5.58. The second-order valence-electron chi connectivity index (χ2n) is 8.30. The summed E-state index contributed by atoms with van der Waals surface area (Å²) in [6.45, 7) is 3.12. The molecule has 4 aromatic rings. The highest BCUT2D eigenvalue weighted by Gasteiger charge is 2.19. The van der Waals surface area contributed by atoms with Gasteiger partial charge in [-0.3, -0.25) is 9.10 Å². The van der Waals surface area contributed by atoms with Gasteiger partial charge in [0.05, 0.1) is 24.1 Å². The molecule has 0 atom stereocenters. The van der Waals surface area contributed by atoms with E-state index in [9.17, 15) is 13.2 Å². The number of ether oxygens (including phenoxy) is 1. The van der Waals surface area contributed by atoms with Crippen LogP contribution in [0.2, 0.25) is 5.02 Å². The quantitative estimate of drug-likeness (QED) is 0.313. The lowest BCUT2D eigenvalue weighted by Crippen LogP contribution is -2.31. The van der Waals surface area contributed by atoms with Gasteiger partial charge in [0.2, 0.25) is 15.9 Å². The number of amides is 1. The number of carbonyl (C=O) groups excluding carboxylic acids is 1. The number of methoxy groups -OCH3 is 1. The van der Waals surface area contributed by atoms with Gasteiger partial charge in [0, 0.05) is 47.0 Å². The molecule has 7 nitrogen and oxygen atoms in total. The molecular weight excluding hydrogens is 486 g/mol. The number of aromatic nitrogens is 1. The maximum atomic E-state index is 12.7. The van der Waals surface area contributed by atoms with Crippen molar-refractivity contribution >= 4 is 60.7 Å². The summed E-state index contributed by atoms with van der Waals surface area (Å²) in [5.74, 6) is 0.284. The SMILES string of the molecule is CCn1c2ccccc2c2cc(NC(=O)CCCN(c3ccc(OC)c(Cl)c3)S(C)(=O)=O)ccc21. The van der Waals surface area contributed by atoms with E-state index < -0.39 is 10.0 Å². The largest absolute Gasteiger partial charge is 0.495 e. The minimum absolute atomic E-state index is 0.151. The number of para-hydroxylation sites is 1. The Kier molecular flexibility index (Phi) is 7.23. The average Bonchev–Trinajstić information content (AvgIpc) is 3.14. The molecule has 0 fully saturated rings. The number of hydrogen-bond acceptors (Lipinski definition) is 4. The van der Waals surface area contributed by atoms with Crippen molar-refractivity contribution in [3.05, 3.63) is 65.7 Å². The Balaban J connectivity index is 1.45. The Bertz CT molecular complexity index is 1500. The maximum Gasteiger partial charge on any atom is 0.232 e. The first-order chi connectivity index (χ1) is 16.7. The number of benzene rings is 3. The van der Waals surface area contributed by atoms with E-state index in [1.165, 1.54) is 11.4 Å². The summed E-state index contributed by atoms with van der Waals surface area (Å²) >= 11 is 6.17. The number of carbonyl (C=O) groups is 1. The first-order valence-corrected chi connectivity index (χ1v) is 13.6. The average molecular weight is 514 g/mol. The molecule has 0 saturated carbocycles. The summed E-state index contributed by atoms with van der Waals surface area (Å²) in [6, 6.07) is 18.9. The van der Waals surface area contributed by atoms with Crippen molar-refractivity contribution in [1.29, 1.82) is 0 Å². The van der Waals surface area contributed by atoms with E-state index in [0.29, 0.717) is 28.6 Å². The number of nitrogens with one attached hydrogen (secondary N) is 1. The van der Waals surface area contributed by atoms with Gasteiger partial charge < -0.3 is 14.6 Å². The first kappa shape index (κ1) is 24.9. The second kappa shape index (κ2) is 10.2. The van der Waals surface area contributed by atoms with Crippen LogP contribution in [-0.2, 0) is 21.4 Å². The van der Waals surface area contributed by atoms with E-state index >= 15 is 0 Å².